The van der Waals surface area contributed by atoms with Crippen LogP contribution in [0.3, 0.4) is 0 Å². The average molecular weight is 385 g/mol. The maximum Gasteiger partial charge on any atom is 0.222 e. The Labute approximate surface area is 148 Å². The molecule has 122 valence electrons. The Bertz CT molecular complexity index is 829. The molecule has 5 nitrogen and oxygen atoms in total. The van der Waals surface area contributed by atoms with Crippen molar-refractivity contribution in [3.8, 4) is 5.75 Å². The first-order chi connectivity index (χ1) is 11.7. The third-order valence-electron chi connectivity index (χ3n) is 4.40. The van der Waals surface area contributed by atoms with Gasteiger partial charge in [0.15, 0.2) is 0 Å². The van der Waals surface area contributed by atoms with E-state index in [0.29, 0.717) is 0 Å². The van der Waals surface area contributed by atoms with E-state index in [-0.39, 0.29) is 12.1 Å². The fourth-order valence-corrected chi connectivity index (χ4v) is 3.40. The van der Waals surface area contributed by atoms with Crippen molar-refractivity contribution in [1.29, 1.82) is 0 Å². The molecule has 24 heavy (non-hydrogen) atoms. The zero-order chi connectivity index (χ0) is 16.5. The van der Waals surface area contributed by atoms with E-state index in [2.05, 4.69) is 67.7 Å². The predicted octanol–water partition coefficient (Wildman–Crippen LogP) is 4.20. The van der Waals surface area contributed by atoms with Gasteiger partial charge in [0.05, 0.1) is 19.2 Å². The van der Waals surface area contributed by atoms with Crippen LogP contribution in [0.5, 0.6) is 5.75 Å². The Morgan fingerprint density at radius 2 is 1.79 bits per heavy atom. The van der Waals surface area contributed by atoms with Crippen LogP contribution in [-0.2, 0) is 0 Å². The number of fused-ring (bicyclic) bond motifs is 1. The molecule has 3 aromatic rings. The van der Waals surface area contributed by atoms with Crippen LogP contribution in [0.2, 0.25) is 0 Å². The summed E-state index contributed by atoms with van der Waals surface area (Å²) in [5, 5.41) is 7.88. The normalized spacial score (nSPS) is 19.4. The summed E-state index contributed by atoms with van der Waals surface area (Å²) in [5.41, 5.74) is 2.44. The minimum atomic E-state index is 0.156. The average Bonchev–Trinajstić information content (AvgIpc) is 3.10. The highest BCUT2D eigenvalue weighted by Crippen LogP contribution is 2.37. The number of benzene rings is 2. The largest absolute Gasteiger partial charge is 0.497 e. The summed E-state index contributed by atoms with van der Waals surface area (Å²) in [7, 11) is 1.68. The van der Waals surface area contributed by atoms with Gasteiger partial charge in [-0.25, -0.2) is 4.68 Å². The number of nitrogens with zero attached hydrogens (tertiary/aromatic N) is 3. The van der Waals surface area contributed by atoms with E-state index in [9.17, 15) is 0 Å². The van der Waals surface area contributed by atoms with Crippen LogP contribution in [0.15, 0.2) is 59.3 Å². The molecule has 4 rings (SSSR count). The van der Waals surface area contributed by atoms with Crippen molar-refractivity contribution in [3.05, 3.63) is 70.5 Å². The first-order valence-electron chi connectivity index (χ1n) is 7.80. The lowest BCUT2D eigenvalue weighted by atomic mass is 9.93. The number of hydrogen-bond donors (Lipinski definition) is 1. The second kappa shape index (κ2) is 6.28. The topological polar surface area (TPSA) is 52.0 Å². The molecule has 0 radical (unpaired) electrons. The molecular weight excluding hydrogens is 368 g/mol. The number of nitrogens with one attached hydrogen (secondary N) is 1. The van der Waals surface area contributed by atoms with Gasteiger partial charge in [0.2, 0.25) is 5.95 Å². The van der Waals surface area contributed by atoms with Crippen molar-refractivity contribution in [1.82, 2.24) is 14.8 Å². The standard InChI is InChI=1S/C18H17BrN4O/c1-24-15-8-4-12(5-9-15)16-10-17(13-2-6-14(19)7-3-13)23-18(22-16)20-11-21-23/h2-9,11,16-17H,10H2,1H3,(H,20,21,22)/t16-,17-/m1/s1. The van der Waals surface area contributed by atoms with Crippen molar-refractivity contribution in [2.24, 2.45) is 0 Å². The zero-order valence-electron chi connectivity index (χ0n) is 13.2. The third kappa shape index (κ3) is 2.78. The Morgan fingerprint density at radius 3 is 2.50 bits per heavy atom. The van der Waals surface area contributed by atoms with Gasteiger partial charge in [-0.1, -0.05) is 40.2 Å². The molecule has 0 bridgehead atoms. The SMILES string of the molecule is COc1ccc([C@H]2C[C@H](c3ccc(Br)cc3)n3ncnc3N2)cc1. The lowest BCUT2D eigenvalue weighted by Crippen LogP contribution is -2.28. The van der Waals surface area contributed by atoms with Crippen molar-refractivity contribution >= 4 is 21.9 Å². The molecule has 2 atom stereocenters. The number of aromatic nitrogens is 3. The Balaban J connectivity index is 1.68. The Kier molecular flexibility index (Phi) is 3.98. The highest BCUT2D eigenvalue weighted by Gasteiger charge is 2.29. The van der Waals surface area contributed by atoms with Crippen molar-refractivity contribution in [2.75, 3.05) is 12.4 Å². The summed E-state index contributed by atoms with van der Waals surface area (Å²) < 4.78 is 8.29. The maximum absolute atomic E-state index is 5.25. The quantitative estimate of drug-likeness (QED) is 0.735. The molecule has 1 aliphatic rings. The number of ether oxygens (including phenoxy) is 1. The van der Waals surface area contributed by atoms with Crippen LogP contribution in [0, 0.1) is 0 Å². The van der Waals surface area contributed by atoms with Crippen LogP contribution < -0.4 is 10.1 Å². The number of hydrogen-bond acceptors (Lipinski definition) is 4. The van der Waals surface area contributed by atoms with Crippen LogP contribution in [-0.4, -0.2) is 21.9 Å². The molecule has 2 aromatic carbocycles. The third-order valence-corrected chi connectivity index (χ3v) is 4.93. The van der Waals surface area contributed by atoms with E-state index in [1.54, 1.807) is 13.4 Å². The van der Waals surface area contributed by atoms with Gasteiger partial charge in [0.25, 0.3) is 0 Å². The van der Waals surface area contributed by atoms with Gasteiger partial charge in [-0.15, -0.1) is 0 Å². The lowest BCUT2D eigenvalue weighted by Gasteiger charge is -2.31. The monoisotopic (exact) mass is 384 g/mol. The summed E-state index contributed by atoms with van der Waals surface area (Å²) in [6, 6.07) is 16.9. The maximum atomic E-state index is 5.25. The van der Waals surface area contributed by atoms with E-state index in [0.717, 1.165) is 22.6 Å². The summed E-state index contributed by atoms with van der Waals surface area (Å²) in [6.45, 7) is 0. The minimum Gasteiger partial charge on any atom is -0.497 e. The van der Waals surface area contributed by atoms with Gasteiger partial charge in [-0.3, -0.25) is 0 Å². The Hall–Kier alpha value is -2.34. The van der Waals surface area contributed by atoms with Gasteiger partial charge in [0, 0.05) is 4.47 Å². The molecule has 0 aliphatic carbocycles. The van der Waals surface area contributed by atoms with E-state index in [1.807, 2.05) is 16.8 Å². The van der Waals surface area contributed by atoms with Gasteiger partial charge < -0.3 is 10.1 Å². The molecule has 0 spiro atoms. The number of rotatable bonds is 3. The molecule has 1 aromatic heterocycles. The van der Waals surface area contributed by atoms with Crippen LogP contribution in [0.1, 0.15) is 29.6 Å². The van der Waals surface area contributed by atoms with E-state index in [1.165, 1.54) is 11.1 Å². The number of anilines is 1. The number of methoxy groups -OCH3 is 1. The molecular formula is C18H17BrN4O. The van der Waals surface area contributed by atoms with Crippen LogP contribution >= 0.6 is 15.9 Å². The molecule has 0 saturated carbocycles. The van der Waals surface area contributed by atoms with Crippen LogP contribution in [0.25, 0.3) is 0 Å². The smallest absolute Gasteiger partial charge is 0.222 e. The second-order valence-corrected chi connectivity index (χ2v) is 6.72. The second-order valence-electron chi connectivity index (χ2n) is 5.80. The van der Waals surface area contributed by atoms with Gasteiger partial charge >= 0.3 is 0 Å². The molecule has 0 fully saturated rings. The van der Waals surface area contributed by atoms with Gasteiger partial charge in [-0.2, -0.15) is 10.1 Å². The highest BCUT2D eigenvalue weighted by molar-refractivity contribution is 9.10. The summed E-state index contributed by atoms with van der Waals surface area (Å²) in [6.07, 6.45) is 2.51. The Morgan fingerprint density at radius 1 is 1.08 bits per heavy atom. The molecule has 6 heteroatoms. The fourth-order valence-electron chi connectivity index (χ4n) is 3.14. The first kappa shape index (κ1) is 15.2. The molecule has 0 unspecified atom stereocenters. The van der Waals surface area contributed by atoms with E-state index >= 15 is 0 Å². The minimum absolute atomic E-state index is 0.156. The highest BCUT2D eigenvalue weighted by atomic mass is 79.9. The van der Waals surface area contributed by atoms with Crippen LogP contribution in [0.4, 0.5) is 5.95 Å². The lowest BCUT2D eigenvalue weighted by molar-refractivity contribution is 0.413. The molecule has 2 heterocycles. The van der Waals surface area contributed by atoms with Gasteiger partial charge in [-0.05, 0) is 41.8 Å². The van der Waals surface area contributed by atoms with Gasteiger partial charge in [0.1, 0.15) is 12.1 Å². The number of halogens is 1. The molecule has 0 saturated heterocycles. The molecule has 1 N–H and O–H groups in total. The molecule has 0 amide bonds. The first-order valence-corrected chi connectivity index (χ1v) is 8.59. The fraction of sp³-hybridized carbons (Fsp3) is 0.222. The van der Waals surface area contributed by atoms with Crippen molar-refractivity contribution in [3.63, 3.8) is 0 Å². The van der Waals surface area contributed by atoms with Crippen molar-refractivity contribution < 1.29 is 4.74 Å². The van der Waals surface area contributed by atoms with E-state index in [4.69, 9.17) is 4.74 Å². The summed E-state index contributed by atoms with van der Waals surface area (Å²) >= 11 is 3.50. The molecule has 1 aliphatic heterocycles. The van der Waals surface area contributed by atoms with Crippen molar-refractivity contribution in [2.45, 2.75) is 18.5 Å². The summed E-state index contributed by atoms with van der Waals surface area (Å²) in [5.74, 6) is 1.66. The zero-order valence-corrected chi connectivity index (χ0v) is 14.8. The predicted molar refractivity (Wildman–Crippen MR) is 96.3 cm³/mol. The summed E-state index contributed by atoms with van der Waals surface area (Å²) in [4.78, 5) is 4.37. The van der Waals surface area contributed by atoms with E-state index < -0.39 is 0 Å².